The monoisotopic (exact) mass is 343 g/mol. The van der Waals surface area contributed by atoms with Crippen molar-refractivity contribution in [2.75, 3.05) is 18.1 Å². The van der Waals surface area contributed by atoms with Gasteiger partial charge in [-0.25, -0.2) is 13.4 Å². The van der Waals surface area contributed by atoms with Crippen LogP contribution in [0.1, 0.15) is 15.6 Å². The molecule has 2 aliphatic rings. The average molecular weight is 343 g/mol. The maximum atomic E-state index is 11.7. The zero-order chi connectivity index (χ0) is 16.2. The Morgan fingerprint density at radius 2 is 2.05 bits per heavy atom. The van der Waals surface area contributed by atoms with Crippen LogP contribution < -0.4 is 0 Å². The Morgan fingerprint density at radius 3 is 2.55 bits per heavy atom. The molecular formula is C13H17N3O4S2. The van der Waals surface area contributed by atoms with Crippen molar-refractivity contribution >= 4 is 32.6 Å². The van der Waals surface area contributed by atoms with Gasteiger partial charge in [-0.15, -0.1) is 11.3 Å². The average Bonchev–Trinajstić information content (AvgIpc) is 2.96. The number of nitrogens with zero attached hydrogens (tertiary/aromatic N) is 2. The van der Waals surface area contributed by atoms with Gasteiger partial charge in [0, 0.05) is 4.88 Å². The van der Waals surface area contributed by atoms with Crippen molar-refractivity contribution in [2.45, 2.75) is 26.0 Å². The summed E-state index contributed by atoms with van der Waals surface area (Å²) in [5, 5.41) is 29.0. The number of aliphatic hydroxyl groups excluding tert-OH is 2. The standard InChI is InChI=1S/C13H17N3O4S2/c1-6-7(2)21-13(15-6)11-9(17)3-16(12(11)14)8-4-22(19,20)5-10(8)18/h8,10,14,17-18H,3-5H2,1-2H3/t8-,10-/m1/s1. The number of nitrogens with one attached hydrogen (secondary N) is 1. The molecule has 0 radical (unpaired) electrons. The smallest absolute Gasteiger partial charge is 0.155 e. The fourth-order valence-corrected chi connectivity index (χ4v) is 5.58. The molecule has 9 heteroatoms. The summed E-state index contributed by atoms with van der Waals surface area (Å²) in [5.41, 5.74) is 1.17. The SMILES string of the molecule is Cc1nc(C2=C(O)CN([C@@H]3CS(=O)(=O)C[C@H]3O)C2=N)sc1C. The second-order valence-electron chi connectivity index (χ2n) is 5.67. The summed E-state index contributed by atoms with van der Waals surface area (Å²) in [5.74, 6) is -0.484. The minimum absolute atomic E-state index is 0.00440. The number of aromatic nitrogens is 1. The largest absolute Gasteiger partial charge is 0.510 e. The highest BCUT2D eigenvalue weighted by Crippen LogP contribution is 2.34. The molecule has 22 heavy (non-hydrogen) atoms. The van der Waals surface area contributed by atoms with E-state index in [2.05, 4.69) is 4.98 Å². The van der Waals surface area contributed by atoms with Crippen LogP contribution in [0.2, 0.25) is 0 Å². The Hall–Kier alpha value is -1.45. The van der Waals surface area contributed by atoms with E-state index in [1.54, 1.807) is 0 Å². The van der Waals surface area contributed by atoms with Crippen molar-refractivity contribution < 1.29 is 18.6 Å². The van der Waals surface area contributed by atoms with Crippen molar-refractivity contribution in [3.63, 3.8) is 0 Å². The maximum Gasteiger partial charge on any atom is 0.155 e. The summed E-state index contributed by atoms with van der Waals surface area (Å²) in [4.78, 5) is 6.81. The molecule has 3 heterocycles. The predicted molar refractivity (Wildman–Crippen MR) is 84.0 cm³/mol. The highest BCUT2D eigenvalue weighted by atomic mass is 32.2. The molecule has 2 aliphatic heterocycles. The van der Waals surface area contributed by atoms with Gasteiger partial charge in [-0.1, -0.05) is 0 Å². The quantitative estimate of drug-likeness (QED) is 0.719. The lowest BCUT2D eigenvalue weighted by molar-refractivity contribution is 0.124. The van der Waals surface area contributed by atoms with Gasteiger partial charge in [0.25, 0.3) is 0 Å². The van der Waals surface area contributed by atoms with Gasteiger partial charge < -0.3 is 15.1 Å². The van der Waals surface area contributed by atoms with Crippen LogP contribution >= 0.6 is 11.3 Å². The van der Waals surface area contributed by atoms with Gasteiger partial charge >= 0.3 is 0 Å². The molecule has 0 aromatic carbocycles. The van der Waals surface area contributed by atoms with Gasteiger partial charge in [0.05, 0.1) is 41.5 Å². The van der Waals surface area contributed by atoms with E-state index in [1.165, 1.54) is 16.2 Å². The first-order chi connectivity index (χ1) is 10.2. The summed E-state index contributed by atoms with van der Waals surface area (Å²) in [6, 6.07) is -0.695. The van der Waals surface area contributed by atoms with Crippen LogP contribution in [0.5, 0.6) is 0 Å². The Kier molecular flexibility index (Phi) is 3.54. The lowest BCUT2D eigenvalue weighted by Gasteiger charge is -2.27. The fraction of sp³-hybridized carbons (Fsp3) is 0.538. The number of amidine groups is 1. The van der Waals surface area contributed by atoms with Crippen LogP contribution in [0.25, 0.3) is 5.57 Å². The van der Waals surface area contributed by atoms with Gasteiger partial charge in [-0.3, -0.25) is 5.41 Å². The molecule has 0 aliphatic carbocycles. The van der Waals surface area contributed by atoms with Crippen LogP contribution in [0, 0.1) is 19.3 Å². The molecule has 1 fully saturated rings. The molecule has 1 aromatic heterocycles. The van der Waals surface area contributed by atoms with E-state index < -0.39 is 22.0 Å². The first-order valence-electron chi connectivity index (χ1n) is 6.80. The predicted octanol–water partition coefficient (Wildman–Crippen LogP) is 0.480. The van der Waals surface area contributed by atoms with Crippen LogP contribution in [-0.2, 0) is 9.84 Å². The van der Waals surface area contributed by atoms with Crippen LogP contribution in [-0.4, -0.2) is 64.5 Å². The molecule has 0 saturated carbocycles. The summed E-state index contributed by atoms with van der Waals surface area (Å²) in [6.45, 7) is 3.80. The number of aryl methyl sites for hydroxylation is 2. The summed E-state index contributed by atoms with van der Waals surface area (Å²) in [7, 11) is -3.31. The summed E-state index contributed by atoms with van der Waals surface area (Å²) < 4.78 is 23.3. The lowest BCUT2D eigenvalue weighted by atomic mass is 10.2. The molecule has 120 valence electrons. The first kappa shape index (κ1) is 15.4. The Bertz CT molecular complexity index is 762. The molecule has 0 spiro atoms. The first-order valence-corrected chi connectivity index (χ1v) is 9.44. The number of sulfone groups is 1. The van der Waals surface area contributed by atoms with E-state index in [4.69, 9.17) is 5.41 Å². The zero-order valence-electron chi connectivity index (χ0n) is 12.2. The van der Waals surface area contributed by atoms with Gasteiger partial charge in [-0.05, 0) is 13.8 Å². The zero-order valence-corrected chi connectivity index (χ0v) is 13.8. The van der Waals surface area contributed by atoms with E-state index >= 15 is 0 Å². The number of hydrogen-bond acceptors (Lipinski definition) is 7. The maximum absolute atomic E-state index is 11.7. The Labute approximate surface area is 132 Å². The molecule has 0 bridgehead atoms. The third-order valence-corrected chi connectivity index (χ3v) is 6.86. The van der Waals surface area contributed by atoms with Gasteiger partial charge in [0.2, 0.25) is 0 Å². The molecular weight excluding hydrogens is 326 g/mol. The number of hydrogen-bond donors (Lipinski definition) is 3. The minimum Gasteiger partial charge on any atom is -0.510 e. The second kappa shape index (κ2) is 5.04. The molecule has 2 atom stereocenters. The van der Waals surface area contributed by atoms with E-state index in [9.17, 15) is 18.6 Å². The van der Waals surface area contributed by atoms with Crippen molar-refractivity contribution in [3.8, 4) is 0 Å². The number of aliphatic hydroxyl groups is 2. The highest BCUT2D eigenvalue weighted by molar-refractivity contribution is 7.91. The van der Waals surface area contributed by atoms with E-state index in [1.807, 2.05) is 13.8 Å². The third kappa shape index (κ3) is 2.42. The summed E-state index contributed by atoms with van der Waals surface area (Å²) >= 11 is 1.39. The molecule has 0 amide bonds. The number of thiazole rings is 1. The summed E-state index contributed by atoms with van der Waals surface area (Å²) in [6.07, 6.45) is -1.04. The van der Waals surface area contributed by atoms with E-state index in [0.717, 1.165) is 10.6 Å². The van der Waals surface area contributed by atoms with Crippen molar-refractivity contribution in [1.82, 2.24) is 9.88 Å². The van der Waals surface area contributed by atoms with Crippen molar-refractivity contribution in [3.05, 3.63) is 21.3 Å². The minimum atomic E-state index is -3.31. The topological polar surface area (TPSA) is 115 Å². The second-order valence-corrected chi connectivity index (χ2v) is 9.03. The van der Waals surface area contributed by atoms with Crippen molar-refractivity contribution in [1.29, 1.82) is 5.41 Å². The highest BCUT2D eigenvalue weighted by Gasteiger charge is 2.44. The molecule has 3 rings (SSSR count). The molecule has 1 aromatic rings. The molecule has 0 unspecified atom stereocenters. The molecule has 3 N–H and O–H groups in total. The van der Waals surface area contributed by atoms with Crippen LogP contribution in [0.15, 0.2) is 5.76 Å². The van der Waals surface area contributed by atoms with Crippen molar-refractivity contribution in [2.24, 2.45) is 0 Å². The fourth-order valence-electron chi connectivity index (χ4n) is 2.80. The van der Waals surface area contributed by atoms with Crippen LogP contribution in [0.4, 0.5) is 0 Å². The lowest BCUT2D eigenvalue weighted by Crippen LogP contribution is -2.44. The number of rotatable bonds is 2. The molecule has 7 nitrogen and oxygen atoms in total. The normalized spacial score (nSPS) is 28.0. The van der Waals surface area contributed by atoms with Crippen LogP contribution in [0.3, 0.4) is 0 Å². The van der Waals surface area contributed by atoms with E-state index in [0.29, 0.717) is 10.6 Å². The van der Waals surface area contributed by atoms with Gasteiger partial charge in [0.15, 0.2) is 9.84 Å². The molecule has 1 saturated heterocycles. The Balaban J connectivity index is 1.90. The van der Waals surface area contributed by atoms with Gasteiger partial charge in [0.1, 0.15) is 16.6 Å². The third-order valence-electron chi connectivity index (χ3n) is 4.07. The Morgan fingerprint density at radius 1 is 1.36 bits per heavy atom. The van der Waals surface area contributed by atoms with Gasteiger partial charge in [-0.2, -0.15) is 0 Å². The van der Waals surface area contributed by atoms with E-state index in [-0.39, 0.29) is 29.6 Å².